The molecular weight excluding hydrogens is 300 g/mol. The minimum atomic E-state index is -0.757. The molecule has 3 rings (SSSR count). The van der Waals surface area contributed by atoms with Gasteiger partial charge >= 0.3 is 0 Å². The lowest BCUT2D eigenvalue weighted by Gasteiger charge is -2.19. The number of amides is 1. The fourth-order valence-corrected chi connectivity index (χ4v) is 2.46. The number of hydroxylamine groups is 1. The Balaban J connectivity index is 1.95. The third kappa shape index (κ3) is 2.51. The predicted molar refractivity (Wildman–Crippen MR) is 82.1 cm³/mol. The standard InChI is InChI=1S/C16H16N2O5/c1-21-13-6-4-10(8-14(13)22-2)16-18(20)11-7-9(15(17)19)3-5-12(11)23-16/h3-8,16,20H,1-2H3,(H2,17,19). The van der Waals surface area contributed by atoms with E-state index < -0.39 is 12.1 Å². The van der Waals surface area contributed by atoms with Crippen LogP contribution in [0.1, 0.15) is 22.1 Å². The number of ether oxygens (including phenoxy) is 3. The van der Waals surface area contributed by atoms with Gasteiger partial charge < -0.3 is 19.9 Å². The molecule has 1 heterocycles. The molecule has 3 N–H and O–H groups in total. The number of hydrogen-bond acceptors (Lipinski definition) is 6. The minimum absolute atomic E-state index is 0.291. The maximum atomic E-state index is 11.3. The molecule has 0 saturated carbocycles. The van der Waals surface area contributed by atoms with Crippen LogP contribution in [0.3, 0.4) is 0 Å². The van der Waals surface area contributed by atoms with Crippen molar-refractivity contribution in [2.24, 2.45) is 5.73 Å². The first-order valence-electron chi connectivity index (χ1n) is 6.85. The van der Waals surface area contributed by atoms with E-state index in [4.69, 9.17) is 19.9 Å². The van der Waals surface area contributed by atoms with Gasteiger partial charge in [-0.25, -0.2) is 5.06 Å². The van der Waals surface area contributed by atoms with Crippen molar-refractivity contribution in [1.82, 2.24) is 0 Å². The fourth-order valence-electron chi connectivity index (χ4n) is 2.46. The summed E-state index contributed by atoms with van der Waals surface area (Å²) >= 11 is 0. The van der Waals surface area contributed by atoms with Crippen molar-refractivity contribution in [3.63, 3.8) is 0 Å². The first kappa shape index (κ1) is 15.0. The summed E-state index contributed by atoms with van der Waals surface area (Å²) in [5.74, 6) is 0.982. The van der Waals surface area contributed by atoms with E-state index in [0.717, 1.165) is 5.06 Å². The Morgan fingerprint density at radius 1 is 1.17 bits per heavy atom. The molecule has 7 nitrogen and oxygen atoms in total. The number of nitrogens with zero attached hydrogens (tertiary/aromatic N) is 1. The van der Waals surface area contributed by atoms with Gasteiger partial charge in [0, 0.05) is 11.1 Å². The third-order valence-electron chi connectivity index (χ3n) is 3.64. The van der Waals surface area contributed by atoms with E-state index in [2.05, 4.69) is 0 Å². The lowest BCUT2D eigenvalue weighted by molar-refractivity contribution is 0.1000. The van der Waals surface area contributed by atoms with E-state index in [1.54, 1.807) is 37.4 Å². The van der Waals surface area contributed by atoms with E-state index in [-0.39, 0.29) is 0 Å². The normalized spacial score (nSPS) is 15.8. The highest BCUT2D eigenvalue weighted by Crippen LogP contribution is 2.43. The summed E-state index contributed by atoms with van der Waals surface area (Å²) in [6.07, 6.45) is -0.757. The summed E-state index contributed by atoms with van der Waals surface area (Å²) < 4.78 is 16.2. The van der Waals surface area contributed by atoms with Gasteiger partial charge in [-0.05, 0) is 36.4 Å². The maximum absolute atomic E-state index is 11.3. The summed E-state index contributed by atoms with van der Waals surface area (Å²) in [6.45, 7) is 0. The number of fused-ring (bicyclic) bond motifs is 1. The molecule has 120 valence electrons. The minimum Gasteiger partial charge on any atom is -0.493 e. The SMILES string of the molecule is COc1ccc(C2Oc3ccc(C(N)=O)cc3N2O)cc1OC. The Hall–Kier alpha value is -2.93. The van der Waals surface area contributed by atoms with Crippen LogP contribution in [0, 0.1) is 0 Å². The first-order valence-corrected chi connectivity index (χ1v) is 6.85. The van der Waals surface area contributed by atoms with Gasteiger partial charge in [0.2, 0.25) is 12.1 Å². The number of methoxy groups -OCH3 is 2. The monoisotopic (exact) mass is 316 g/mol. The Morgan fingerprint density at radius 3 is 2.57 bits per heavy atom. The summed E-state index contributed by atoms with van der Waals surface area (Å²) in [6, 6.07) is 9.83. The zero-order valence-corrected chi connectivity index (χ0v) is 12.6. The number of carbonyl (C=O) groups excluding carboxylic acids is 1. The highest BCUT2D eigenvalue weighted by molar-refractivity contribution is 5.94. The Kier molecular flexibility index (Phi) is 3.71. The number of anilines is 1. The second kappa shape index (κ2) is 5.69. The van der Waals surface area contributed by atoms with Gasteiger partial charge in [0.15, 0.2) is 11.5 Å². The molecule has 0 fully saturated rings. The van der Waals surface area contributed by atoms with Crippen molar-refractivity contribution in [3.8, 4) is 17.2 Å². The van der Waals surface area contributed by atoms with E-state index in [0.29, 0.717) is 34.1 Å². The topological polar surface area (TPSA) is 94.3 Å². The molecule has 0 bridgehead atoms. The van der Waals surface area contributed by atoms with Crippen molar-refractivity contribution in [2.75, 3.05) is 19.3 Å². The smallest absolute Gasteiger partial charge is 0.248 e. The molecule has 1 aliphatic rings. The summed E-state index contributed by atoms with van der Waals surface area (Å²) in [5, 5.41) is 11.3. The van der Waals surface area contributed by atoms with Crippen LogP contribution < -0.4 is 25.0 Å². The molecule has 7 heteroatoms. The van der Waals surface area contributed by atoms with Gasteiger partial charge in [0.05, 0.1) is 14.2 Å². The zero-order chi connectivity index (χ0) is 16.6. The molecule has 0 aliphatic carbocycles. The van der Waals surface area contributed by atoms with Crippen LogP contribution in [0.4, 0.5) is 5.69 Å². The highest BCUT2D eigenvalue weighted by Gasteiger charge is 2.32. The predicted octanol–water partition coefficient (Wildman–Crippen LogP) is 2.09. The van der Waals surface area contributed by atoms with Crippen LogP contribution >= 0.6 is 0 Å². The maximum Gasteiger partial charge on any atom is 0.248 e. The van der Waals surface area contributed by atoms with Crippen LogP contribution in [-0.4, -0.2) is 25.3 Å². The second-order valence-electron chi connectivity index (χ2n) is 4.98. The third-order valence-corrected chi connectivity index (χ3v) is 3.64. The summed E-state index contributed by atoms with van der Waals surface area (Å²) in [5.41, 5.74) is 6.59. The Bertz CT molecular complexity index is 762. The lowest BCUT2D eigenvalue weighted by atomic mass is 10.1. The molecule has 23 heavy (non-hydrogen) atoms. The molecule has 2 aromatic carbocycles. The molecule has 0 aromatic heterocycles. The van der Waals surface area contributed by atoms with E-state index in [1.165, 1.54) is 13.2 Å². The molecule has 2 aromatic rings. The van der Waals surface area contributed by atoms with Gasteiger partial charge in [0.1, 0.15) is 11.4 Å². The number of rotatable bonds is 4. The van der Waals surface area contributed by atoms with Crippen molar-refractivity contribution in [1.29, 1.82) is 0 Å². The van der Waals surface area contributed by atoms with Crippen molar-refractivity contribution >= 4 is 11.6 Å². The van der Waals surface area contributed by atoms with Crippen molar-refractivity contribution < 1.29 is 24.2 Å². The van der Waals surface area contributed by atoms with Crippen LogP contribution in [-0.2, 0) is 0 Å². The van der Waals surface area contributed by atoms with Crippen LogP contribution in [0.5, 0.6) is 17.2 Å². The zero-order valence-electron chi connectivity index (χ0n) is 12.6. The van der Waals surface area contributed by atoms with Crippen molar-refractivity contribution in [3.05, 3.63) is 47.5 Å². The highest BCUT2D eigenvalue weighted by atomic mass is 16.6. The molecule has 0 saturated heterocycles. The van der Waals surface area contributed by atoms with Crippen LogP contribution in [0.2, 0.25) is 0 Å². The summed E-state index contributed by atoms with van der Waals surface area (Å²) in [7, 11) is 3.07. The Morgan fingerprint density at radius 2 is 1.91 bits per heavy atom. The molecule has 1 unspecified atom stereocenters. The number of nitrogens with two attached hydrogens (primary N) is 1. The molecule has 1 aliphatic heterocycles. The fraction of sp³-hybridized carbons (Fsp3) is 0.188. The molecule has 1 atom stereocenters. The first-order chi connectivity index (χ1) is 11.0. The van der Waals surface area contributed by atoms with Gasteiger partial charge in [0.25, 0.3) is 0 Å². The van der Waals surface area contributed by atoms with Crippen LogP contribution in [0.15, 0.2) is 36.4 Å². The molecular formula is C16H16N2O5. The van der Waals surface area contributed by atoms with Gasteiger partial charge in [-0.2, -0.15) is 0 Å². The number of carbonyl (C=O) groups is 1. The van der Waals surface area contributed by atoms with E-state index in [9.17, 15) is 10.0 Å². The summed E-state index contributed by atoms with van der Waals surface area (Å²) in [4.78, 5) is 11.3. The number of hydrogen-bond donors (Lipinski definition) is 2. The molecule has 0 radical (unpaired) electrons. The van der Waals surface area contributed by atoms with Crippen LogP contribution in [0.25, 0.3) is 0 Å². The van der Waals surface area contributed by atoms with Gasteiger partial charge in [-0.1, -0.05) is 0 Å². The lowest BCUT2D eigenvalue weighted by Crippen LogP contribution is -2.23. The molecule has 0 spiro atoms. The number of benzene rings is 2. The van der Waals surface area contributed by atoms with Gasteiger partial charge in [-0.15, -0.1) is 0 Å². The quantitative estimate of drug-likeness (QED) is 0.897. The number of primary amides is 1. The largest absolute Gasteiger partial charge is 0.493 e. The average molecular weight is 316 g/mol. The van der Waals surface area contributed by atoms with Gasteiger partial charge in [-0.3, -0.25) is 10.0 Å². The van der Waals surface area contributed by atoms with E-state index >= 15 is 0 Å². The van der Waals surface area contributed by atoms with Crippen molar-refractivity contribution in [2.45, 2.75) is 6.23 Å². The van der Waals surface area contributed by atoms with E-state index in [1.807, 2.05) is 0 Å². The Labute approximate surface area is 132 Å². The molecule has 1 amide bonds. The second-order valence-corrected chi connectivity index (χ2v) is 4.98. The average Bonchev–Trinajstić information content (AvgIpc) is 2.90.